The van der Waals surface area contributed by atoms with E-state index in [4.69, 9.17) is 9.84 Å². The Morgan fingerprint density at radius 2 is 2.14 bits per heavy atom. The van der Waals surface area contributed by atoms with Crippen molar-refractivity contribution in [2.24, 2.45) is 0 Å². The van der Waals surface area contributed by atoms with E-state index in [-0.39, 0.29) is 23.4 Å². The Kier molecular flexibility index (Phi) is 4.64. The highest BCUT2D eigenvalue weighted by atomic mass is 16.5. The SMILES string of the molecule is COCCN(C(=O)Nc1ccc(C(=O)O)c(O)c1)C1CC1. The van der Waals surface area contributed by atoms with Crippen LogP contribution < -0.4 is 5.32 Å². The summed E-state index contributed by atoms with van der Waals surface area (Å²) < 4.78 is 4.98. The lowest BCUT2D eigenvalue weighted by molar-refractivity contribution is 0.0694. The molecule has 0 unspecified atom stereocenters. The number of aromatic carboxylic acids is 1. The molecule has 114 valence electrons. The summed E-state index contributed by atoms with van der Waals surface area (Å²) in [5.41, 5.74) is 0.150. The molecule has 0 bridgehead atoms. The quantitative estimate of drug-likeness (QED) is 0.742. The van der Waals surface area contributed by atoms with E-state index in [0.29, 0.717) is 18.8 Å². The minimum absolute atomic E-state index is 0.202. The number of hydrogen-bond acceptors (Lipinski definition) is 4. The molecule has 7 heteroatoms. The molecule has 3 N–H and O–H groups in total. The van der Waals surface area contributed by atoms with Crippen molar-refractivity contribution >= 4 is 17.7 Å². The predicted molar refractivity (Wildman–Crippen MR) is 75.7 cm³/mol. The Morgan fingerprint density at radius 3 is 2.67 bits per heavy atom. The van der Waals surface area contributed by atoms with E-state index < -0.39 is 5.97 Å². The Bertz CT molecular complexity index is 542. The van der Waals surface area contributed by atoms with Gasteiger partial charge in [-0.05, 0) is 25.0 Å². The number of carboxylic acids is 1. The van der Waals surface area contributed by atoms with Gasteiger partial charge in [0.1, 0.15) is 11.3 Å². The highest BCUT2D eigenvalue weighted by Gasteiger charge is 2.32. The maximum absolute atomic E-state index is 12.2. The van der Waals surface area contributed by atoms with E-state index in [1.165, 1.54) is 18.2 Å². The van der Waals surface area contributed by atoms with Crippen molar-refractivity contribution in [2.75, 3.05) is 25.6 Å². The van der Waals surface area contributed by atoms with Crippen molar-refractivity contribution < 1.29 is 24.5 Å². The van der Waals surface area contributed by atoms with Crippen LogP contribution in [0.25, 0.3) is 0 Å². The monoisotopic (exact) mass is 294 g/mol. The highest BCUT2D eigenvalue weighted by molar-refractivity contribution is 5.94. The van der Waals surface area contributed by atoms with E-state index in [9.17, 15) is 14.7 Å². The molecular weight excluding hydrogens is 276 g/mol. The van der Waals surface area contributed by atoms with Crippen molar-refractivity contribution in [3.63, 3.8) is 0 Å². The van der Waals surface area contributed by atoms with Crippen LogP contribution in [0.3, 0.4) is 0 Å². The molecular formula is C14H18N2O5. The number of ether oxygens (including phenoxy) is 1. The van der Waals surface area contributed by atoms with E-state index >= 15 is 0 Å². The Hall–Kier alpha value is -2.28. The summed E-state index contributed by atoms with van der Waals surface area (Å²) >= 11 is 0. The van der Waals surface area contributed by atoms with Crippen molar-refractivity contribution in [1.82, 2.24) is 4.90 Å². The van der Waals surface area contributed by atoms with Gasteiger partial charge in [-0.25, -0.2) is 9.59 Å². The summed E-state index contributed by atoms with van der Waals surface area (Å²) in [5, 5.41) is 21.1. The average Bonchev–Trinajstić information content (AvgIpc) is 3.23. The van der Waals surface area contributed by atoms with Crippen molar-refractivity contribution in [2.45, 2.75) is 18.9 Å². The number of carbonyl (C=O) groups is 2. The molecule has 7 nitrogen and oxygen atoms in total. The summed E-state index contributed by atoms with van der Waals surface area (Å²) in [6, 6.07) is 3.87. The molecule has 2 amide bonds. The van der Waals surface area contributed by atoms with Gasteiger partial charge in [0.05, 0.1) is 6.61 Å². The largest absolute Gasteiger partial charge is 0.507 e. The summed E-state index contributed by atoms with van der Waals surface area (Å²) in [6.45, 7) is 0.944. The first-order valence-corrected chi connectivity index (χ1v) is 6.65. The van der Waals surface area contributed by atoms with Crippen LogP contribution in [0.2, 0.25) is 0 Å². The molecule has 1 aliphatic carbocycles. The number of methoxy groups -OCH3 is 1. The number of benzene rings is 1. The van der Waals surface area contributed by atoms with Crippen LogP contribution in [-0.2, 0) is 4.74 Å². The topological polar surface area (TPSA) is 99.1 Å². The zero-order chi connectivity index (χ0) is 15.4. The van der Waals surface area contributed by atoms with E-state index in [0.717, 1.165) is 12.8 Å². The molecule has 1 aliphatic rings. The maximum atomic E-state index is 12.2. The number of urea groups is 1. The number of hydrogen-bond donors (Lipinski definition) is 3. The standard InChI is InChI=1S/C14H18N2O5/c1-21-7-6-16(10-3-4-10)14(20)15-9-2-5-11(13(18)19)12(17)8-9/h2,5,8,10,17H,3-4,6-7H2,1H3,(H,15,20)(H,18,19). The van der Waals surface area contributed by atoms with Crippen LogP contribution in [0.4, 0.5) is 10.5 Å². The molecule has 0 radical (unpaired) electrons. The molecule has 0 atom stereocenters. The number of nitrogens with one attached hydrogen (secondary N) is 1. The molecule has 1 fully saturated rings. The zero-order valence-electron chi connectivity index (χ0n) is 11.7. The van der Waals surface area contributed by atoms with Crippen molar-refractivity contribution in [1.29, 1.82) is 0 Å². The second-order valence-electron chi connectivity index (χ2n) is 4.88. The van der Waals surface area contributed by atoms with Gasteiger partial charge in [0, 0.05) is 31.5 Å². The van der Waals surface area contributed by atoms with E-state index in [1.54, 1.807) is 12.0 Å². The third-order valence-corrected chi connectivity index (χ3v) is 3.26. The number of nitrogens with zero attached hydrogens (tertiary/aromatic N) is 1. The minimum atomic E-state index is -1.22. The fourth-order valence-electron chi connectivity index (χ4n) is 2.01. The first-order valence-electron chi connectivity index (χ1n) is 6.65. The zero-order valence-corrected chi connectivity index (χ0v) is 11.7. The normalized spacial score (nSPS) is 13.8. The van der Waals surface area contributed by atoms with Gasteiger partial charge in [0.15, 0.2) is 0 Å². The molecule has 0 saturated heterocycles. The number of carbonyl (C=O) groups excluding carboxylic acids is 1. The number of rotatable bonds is 6. The fraction of sp³-hybridized carbons (Fsp3) is 0.429. The van der Waals surface area contributed by atoms with Crippen LogP contribution in [0, 0.1) is 0 Å². The number of phenols is 1. The lowest BCUT2D eigenvalue weighted by Crippen LogP contribution is -2.39. The lowest BCUT2D eigenvalue weighted by Gasteiger charge is -2.22. The predicted octanol–water partition coefficient (Wildman–Crippen LogP) is 1.73. The van der Waals surface area contributed by atoms with Gasteiger partial charge in [-0.1, -0.05) is 0 Å². The summed E-state index contributed by atoms with van der Waals surface area (Å²) in [5.74, 6) is -1.60. The van der Waals surface area contributed by atoms with Crippen LogP contribution >= 0.6 is 0 Å². The first-order chi connectivity index (χ1) is 10.0. The third kappa shape index (κ3) is 3.85. The molecule has 0 heterocycles. The average molecular weight is 294 g/mol. The maximum Gasteiger partial charge on any atom is 0.339 e. The first kappa shape index (κ1) is 15.1. The number of anilines is 1. The molecule has 1 aromatic rings. The van der Waals surface area contributed by atoms with Gasteiger partial charge in [0.25, 0.3) is 0 Å². The summed E-state index contributed by atoms with van der Waals surface area (Å²) in [6.07, 6.45) is 1.95. The molecule has 1 saturated carbocycles. The third-order valence-electron chi connectivity index (χ3n) is 3.26. The van der Waals surface area contributed by atoms with Gasteiger partial charge in [-0.15, -0.1) is 0 Å². The van der Waals surface area contributed by atoms with Crippen LogP contribution in [-0.4, -0.2) is 53.4 Å². The van der Waals surface area contributed by atoms with Crippen molar-refractivity contribution in [3.8, 4) is 5.75 Å². The summed E-state index contributed by atoms with van der Waals surface area (Å²) in [7, 11) is 1.58. The highest BCUT2D eigenvalue weighted by Crippen LogP contribution is 2.28. The Labute approximate surface area is 122 Å². The fourth-order valence-corrected chi connectivity index (χ4v) is 2.01. The minimum Gasteiger partial charge on any atom is -0.507 e. The summed E-state index contributed by atoms with van der Waals surface area (Å²) in [4.78, 5) is 24.7. The Morgan fingerprint density at radius 1 is 1.43 bits per heavy atom. The lowest BCUT2D eigenvalue weighted by atomic mass is 10.2. The van der Waals surface area contributed by atoms with Crippen LogP contribution in [0.15, 0.2) is 18.2 Å². The Balaban J connectivity index is 2.04. The smallest absolute Gasteiger partial charge is 0.339 e. The molecule has 0 aromatic heterocycles. The molecule has 0 spiro atoms. The van der Waals surface area contributed by atoms with Crippen LogP contribution in [0.1, 0.15) is 23.2 Å². The van der Waals surface area contributed by atoms with E-state index in [1.807, 2.05) is 0 Å². The van der Waals surface area contributed by atoms with Crippen LogP contribution in [0.5, 0.6) is 5.75 Å². The number of carboxylic acid groups (broad SMARTS) is 1. The van der Waals surface area contributed by atoms with Gasteiger partial charge in [-0.3, -0.25) is 0 Å². The molecule has 0 aliphatic heterocycles. The van der Waals surface area contributed by atoms with Gasteiger partial charge in [0.2, 0.25) is 0 Å². The number of aromatic hydroxyl groups is 1. The molecule has 2 rings (SSSR count). The van der Waals surface area contributed by atoms with E-state index in [2.05, 4.69) is 5.32 Å². The molecule has 1 aromatic carbocycles. The molecule has 21 heavy (non-hydrogen) atoms. The van der Waals surface area contributed by atoms with Gasteiger partial charge in [-0.2, -0.15) is 0 Å². The number of amides is 2. The van der Waals surface area contributed by atoms with Crippen molar-refractivity contribution in [3.05, 3.63) is 23.8 Å². The van der Waals surface area contributed by atoms with Gasteiger partial charge < -0.3 is 25.2 Å². The second-order valence-corrected chi connectivity index (χ2v) is 4.88. The second kappa shape index (κ2) is 6.45. The van der Waals surface area contributed by atoms with Gasteiger partial charge >= 0.3 is 12.0 Å².